The van der Waals surface area contributed by atoms with Gasteiger partial charge in [0.2, 0.25) is 5.91 Å². The third-order valence-electron chi connectivity index (χ3n) is 3.88. The van der Waals surface area contributed by atoms with Crippen molar-refractivity contribution in [1.82, 2.24) is 19.9 Å². The zero-order valence-electron chi connectivity index (χ0n) is 12.0. The summed E-state index contributed by atoms with van der Waals surface area (Å²) in [4.78, 5) is 13.2. The van der Waals surface area contributed by atoms with Crippen molar-refractivity contribution in [2.45, 2.75) is 52.5 Å². The van der Waals surface area contributed by atoms with Gasteiger partial charge in [-0.25, -0.2) is 0 Å². The van der Waals surface area contributed by atoms with Gasteiger partial charge in [-0.3, -0.25) is 9.48 Å². The van der Waals surface area contributed by atoms with Crippen LogP contribution in [0.25, 0.3) is 0 Å². The molecule has 0 saturated carbocycles. The second kappa shape index (κ2) is 6.68. The number of likely N-dealkylation sites (tertiary alicyclic amines) is 1. The van der Waals surface area contributed by atoms with Crippen LogP contribution >= 0.6 is 0 Å². The number of aryl methyl sites for hydroxylation is 1. The van der Waals surface area contributed by atoms with Crippen molar-refractivity contribution < 1.29 is 4.79 Å². The van der Waals surface area contributed by atoms with Gasteiger partial charge in [0.05, 0.1) is 5.69 Å². The molecule has 1 aliphatic rings. The number of amides is 1. The quantitative estimate of drug-likeness (QED) is 0.816. The Bertz CT molecular complexity index is 407. The van der Waals surface area contributed by atoms with Crippen molar-refractivity contribution in [3.63, 3.8) is 0 Å². The number of hydrogen-bond acceptors (Lipinski definition) is 3. The molecular formula is C14H24N4O. The summed E-state index contributed by atoms with van der Waals surface area (Å²) in [5.41, 5.74) is 1.10. The Hall–Kier alpha value is -1.39. The van der Waals surface area contributed by atoms with Gasteiger partial charge in [0, 0.05) is 32.8 Å². The Morgan fingerprint density at radius 1 is 1.42 bits per heavy atom. The van der Waals surface area contributed by atoms with E-state index >= 15 is 0 Å². The zero-order valence-corrected chi connectivity index (χ0v) is 12.0. The van der Waals surface area contributed by atoms with Gasteiger partial charge in [0.1, 0.15) is 0 Å². The van der Waals surface area contributed by atoms with E-state index in [4.69, 9.17) is 0 Å². The molecule has 1 aliphatic heterocycles. The van der Waals surface area contributed by atoms with E-state index in [0.717, 1.165) is 44.6 Å². The SMILES string of the molecule is CCCCc1cn(CC2CCN(C(C)=O)CC2)nn1. The fourth-order valence-electron chi connectivity index (χ4n) is 2.60. The molecule has 0 aliphatic carbocycles. The minimum Gasteiger partial charge on any atom is -0.343 e. The maximum absolute atomic E-state index is 11.3. The van der Waals surface area contributed by atoms with Crippen LogP contribution in [0.5, 0.6) is 0 Å². The molecule has 1 amide bonds. The predicted octanol–water partition coefficient (Wildman–Crippen LogP) is 1.88. The molecule has 1 aromatic heterocycles. The lowest BCUT2D eigenvalue weighted by molar-refractivity contribution is -0.130. The highest BCUT2D eigenvalue weighted by atomic mass is 16.2. The van der Waals surface area contributed by atoms with Gasteiger partial charge in [0.15, 0.2) is 0 Å². The highest BCUT2D eigenvalue weighted by Gasteiger charge is 2.21. The first kappa shape index (κ1) is 14.0. The van der Waals surface area contributed by atoms with Crippen molar-refractivity contribution in [2.24, 2.45) is 5.92 Å². The zero-order chi connectivity index (χ0) is 13.7. The Morgan fingerprint density at radius 2 is 2.16 bits per heavy atom. The Balaban J connectivity index is 1.79. The van der Waals surface area contributed by atoms with E-state index in [2.05, 4.69) is 23.4 Å². The number of nitrogens with zero attached hydrogens (tertiary/aromatic N) is 4. The van der Waals surface area contributed by atoms with Crippen LogP contribution in [-0.4, -0.2) is 38.9 Å². The molecular weight excluding hydrogens is 240 g/mol. The van der Waals surface area contributed by atoms with Crippen molar-refractivity contribution >= 4 is 5.91 Å². The highest BCUT2D eigenvalue weighted by molar-refractivity contribution is 5.73. The first-order valence-electron chi connectivity index (χ1n) is 7.33. The van der Waals surface area contributed by atoms with Crippen LogP contribution in [0.4, 0.5) is 0 Å². The van der Waals surface area contributed by atoms with Crippen LogP contribution in [0.2, 0.25) is 0 Å². The largest absolute Gasteiger partial charge is 0.343 e. The Labute approximate surface area is 115 Å². The number of rotatable bonds is 5. The van der Waals surface area contributed by atoms with E-state index < -0.39 is 0 Å². The number of carbonyl (C=O) groups excluding carboxylic acids is 1. The van der Waals surface area contributed by atoms with Gasteiger partial charge in [0.25, 0.3) is 0 Å². The molecule has 5 heteroatoms. The first-order valence-corrected chi connectivity index (χ1v) is 7.33. The maximum Gasteiger partial charge on any atom is 0.219 e. The van der Waals surface area contributed by atoms with Crippen molar-refractivity contribution in [1.29, 1.82) is 0 Å². The minimum absolute atomic E-state index is 0.195. The summed E-state index contributed by atoms with van der Waals surface area (Å²) in [6.45, 7) is 6.55. The number of hydrogen-bond donors (Lipinski definition) is 0. The van der Waals surface area contributed by atoms with Crippen molar-refractivity contribution in [3.8, 4) is 0 Å². The van der Waals surface area contributed by atoms with Gasteiger partial charge in [-0.15, -0.1) is 5.10 Å². The van der Waals surface area contributed by atoms with Gasteiger partial charge in [-0.2, -0.15) is 0 Å². The first-order chi connectivity index (χ1) is 9.19. The summed E-state index contributed by atoms with van der Waals surface area (Å²) in [5, 5.41) is 8.41. The van der Waals surface area contributed by atoms with Crippen LogP contribution in [-0.2, 0) is 17.8 Å². The van der Waals surface area contributed by atoms with Crippen molar-refractivity contribution in [3.05, 3.63) is 11.9 Å². The van der Waals surface area contributed by atoms with E-state index in [1.165, 1.54) is 12.8 Å². The lowest BCUT2D eigenvalue weighted by atomic mass is 9.97. The number of carbonyl (C=O) groups is 1. The minimum atomic E-state index is 0.195. The summed E-state index contributed by atoms with van der Waals surface area (Å²) in [6.07, 6.45) is 7.62. The summed E-state index contributed by atoms with van der Waals surface area (Å²) < 4.78 is 1.97. The predicted molar refractivity (Wildman–Crippen MR) is 73.6 cm³/mol. The Morgan fingerprint density at radius 3 is 2.79 bits per heavy atom. The average molecular weight is 264 g/mol. The molecule has 1 saturated heterocycles. The van der Waals surface area contributed by atoms with Gasteiger partial charge < -0.3 is 4.90 Å². The molecule has 2 heterocycles. The fraction of sp³-hybridized carbons (Fsp3) is 0.786. The molecule has 0 N–H and O–H groups in total. The lowest BCUT2D eigenvalue weighted by Gasteiger charge is -2.31. The van der Waals surface area contributed by atoms with E-state index in [-0.39, 0.29) is 5.91 Å². The van der Waals surface area contributed by atoms with E-state index in [1.807, 2.05) is 9.58 Å². The number of piperidine rings is 1. The molecule has 0 aromatic carbocycles. The third kappa shape index (κ3) is 4.04. The highest BCUT2D eigenvalue weighted by Crippen LogP contribution is 2.19. The molecule has 0 spiro atoms. The second-order valence-corrected chi connectivity index (χ2v) is 5.48. The summed E-state index contributed by atoms with van der Waals surface area (Å²) >= 11 is 0. The average Bonchev–Trinajstić information content (AvgIpc) is 2.84. The molecule has 106 valence electrons. The molecule has 1 aromatic rings. The normalized spacial score (nSPS) is 16.8. The van der Waals surface area contributed by atoms with Crippen LogP contribution in [0, 0.1) is 5.92 Å². The van der Waals surface area contributed by atoms with Crippen molar-refractivity contribution in [2.75, 3.05) is 13.1 Å². The fourth-order valence-corrected chi connectivity index (χ4v) is 2.60. The molecule has 0 radical (unpaired) electrons. The van der Waals surface area contributed by atoms with E-state index in [1.54, 1.807) is 6.92 Å². The molecule has 0 unspecified atom stereocenters. The third-order valence-corrected chi connectivity index (χ3v) is 3.88. The summed E-state index contributed by atoms with van der Waals surface area (Å²) in [6, 6.07) is 0. The topological polar surface area (TPSA) is 51.0 Å². The smallest absolute Gasteiger partial charge is 0.219 e. The molecule has 0 atom stereocenters. The molecule has 1 fully saturated rings. The van der Waals surface area contributed by atoms with E-state index in [9.17, 15) is 4.79 Å². The van der Waals surface area contributed by atoms with Gasteiger partial charge >= 0.3 is 0 Å². The summed E-state index contributed by atoms with van der Waals surface area (Å²) in [5.74, 6) is 0.817. The Kier molecular flexibility index (Phi) is 4.93. The van der Waals surface area contributed by atoms with Gasteiger partial charge in [-0.05, 0) is 31.6 Å². The van der Waals surface area contributed by atoms with Gasteiger partial charge in [-0.1, -0.05) is 18.6 Å². The number of unbranched alkanes of at least 4 members (excludes halogenated alkanes) is 1. The van der Waals surface area contributed by atoms with Crippen LogP contribution in [0.15, 0.2) is 6.20 Å². The summed E-state index contributed by atoms with van der Waals surface area (Å²) in [7, 11) is 0. The van der Waals surface area contributed by atoms with Crippen LogP contribution in [0.1, 0.15) is 45.2 Å². The number of aromatic nitrogens is 3. The second-order valence-electron chi connectivity index (χ2n) is 5.48. The molecule has 19 heavy (non-hydrogen) atoms. The van der Waals surface area contributed by atoms with E-state index in [0.29, 0.717) is 5.92 Å². The monoisotopic (exact) mass is 264 g/mol. The van der Waals surface area contributed by atoms with Crippen LogP contribution < -0.4 is 0 Å². The molecule has 5 nitrogen and oxygen atoms in total. The lowest BCUT2D eigenvalue weighted by Crippen LogP contribution is -2.38. The molecule has 0 bridgehead atoms. The molecule has 2 rings (SSSR count). The maximum atomic E-state index is 11.3. The van der Waals surface area contributed by atoms with Crippen LogP contribution in [0.3, 0.4) is 0 Å². The standard InChI is InChI=1S/C14H24N4O/c1-3-4-5-14-11-18(16-15-14)10-13-6-8-17(9-7-13)12(2)19/h11,13H,3-10H2,1-2H3.